The minimum Gasteiger partial charge on any atom is -0.335 e. The highest BCUT2D eigenvalue weighted by atomic mass is 16.2. The predicted octanol–water partition coefficient (Wildman–Crippen LogP) is 0.999. The number of hydrogen-bond acceptors (Lipinski definition) is 4. The Balaban J connectivity index is 1.45. The second-order valence-electron chi connectivity index (χ2n) is 7.25. The average Bonchev–Trinajstić information content (AvgIpc) is 3.01. The first kappa shape index (κ1) is 14.2. The molecular formula is C16H25N5O. The van der Waals surface area contributed by atoms with E-state index >= 15 is 0 Å². The molecular weight excluding hydrogens is 278 g/mol. The molecule has 1 amide bonds. The Morgan fingerprint density at radius 3 is 2.82 bits per heavy atom. The maximum Gasteiger partial charge on any atom is 0.220 e. The monoisotopic (exact) mass is 303 g/mol. The Kier molecular flexibility index (Phi) is 3.64. The zero-order valence-corrected chi connectivity index (χ0v) is 13.3. The van der Waals surface area contributed by atoms with Gasteiger partial charge in [0.15, 0.2) is 0 Å². The Hall–Kier alpha value is -1.43. The van der Waals surface area contributed by atoms with E-state index in [9.17, 15) is 4.79 Å². The van der Waals surface area contributed by atoms with Gasteiger partial charge in [-0.3, -0.25) is 9.48 Å². The van der Waals surface area contributed by atoms with Crippen LogP contribution >= 0.6 is 0 Å². The lowest BCUT2D eigenvalue weighted by atomic mass is 9.92. The number of carbonyl (C=O) groups excluding carboxylic acids is 1. The summed E-state index contributed by atoms with van der Waals surface area (Å²) in [5, 5.41) is 4.21. The molecule has 2 aliphatic heterocycles. The lowest BCUT2D eigenvalue weighted by molar-refractivity contribution is -0.133. The summed E-state index contributed by atoms with van der Waals surface area (Å²) < 4.78 is 1.86. The minimum absolute atomic E-state index is 0.216. The van der Waals surface area contributed by atoms with Crippen LogP contribution in [0.25, 0.3) is 0 Å². The van der Waals surface area contributed by atoms with Gasteiger partial charge in [0.05, 0.1) is 12.6 Å². The molecule has 3 heterocycles. The third kappa shape index (κ3) is 2.76. The zero-order chi connectivity index (χ0) is 15.1. The molecule has 1 aliphatic carbocycles. The van der Waals surface area contributed by atoms with Crippen molar-refractivity contribution in [2.24, 2.45) is 11.8 Å². The Morgan fingerprint density at radius 2 is 2.14 bits per heavy atom. The molecule has 1 aromatic rings. The van der Waals surface area contributed by atoms with Gasteiger partial charge in [-0.2, -0.15) is 5.10 Å². The molecule has 4 rings (SSSR count). The number of carbonyl (C=O) groups is 1. The average molecular weight is 303 g/mol. The van der Waals surface area contributed by atoms with Gasteiger partial charge in [0.25, 0.3) is 0 Å². The second-order valence-corrected chi connectivity index (χ2v) is 7.25. The van der Waals surface area contributed by atoms with Gasteiger partial charge < -0.3 is 9.80 Å². The third-order valence-corrected chi connectivity index (χ3v) is 5.54. The molecule has 2 saturated heterocycles. The first-order valence-electron chi connectivity index (χ1n) is 8.54. The van der Waals surface area contributed by atoms with Crippen molar-refractivity contribution in [3.8, 4) is 0 Å². The van der Waals surface area contributed by atoms with Crippen LogP contribution in [0.2, 0.25) is 0 Å². The molecule has 1 aromatic heterocycles. The lowest BCUT2D eigenvalue weighted by Crippen LogP contribution is -2.49. The van der Waals surface area contributed by atoms with Crippen LogP contribution in [0, 0.1) is 11.8 Å². The van der Waals surface area contributed by atoms with E-state index in [1.807, 2.05) is 4.68 Å². The van der Waals surface area contributed by atoms with Crippen LogP contribution in [-0.4, -0.2) is 62.2 Å². The fourth-order valence-corrected chi connectivity index (χ4v) is 4.45. The van der Waals surface area contributed by atoms with Gasteiger partial charge in [-0.15, -0.1) is 0 Å². The number of piperidine rings is 1. The summed E-state index contributed by atoms with van der Waals surface area (Å²) in [5.41, 5.74) is 0. The summed E-state index contributed by atoms with van der Waals surface area (Å²) in [6, 6.07) is 0.705. The highest BCUT2D eigenvalue weighted by Crippen LogP contribution is 2.38. The molecule has 0 aromatic carbocycles. The van der Waals surface area contributed by atoms with E-state index in [1.54, 1.807) is 19.6 Å². The maximum absolute atomic E-state index is 12.2. The molecule has 6 nitrogen and oxygen atoms in total. The fourth-order valence-electron chi connectivity index (χ4n) is 4.45. The van der Waals surface area contributed by atoms with Crippen molar-refractivity contribution in [1.29, 1.82) is 0 Å². The quantitative estimate of drug-likeness (QED) is 0.833. The van der Waals surface area contributed by atoms with Crippen molar-refractivity contribution < 1.29 is 4.79 Å². The Bertz CT molecular complexity index is 527. The molecule has 0 unspecified atom stereocenters. The molecule has 0 bridgehead atoms. The van der Waals surface area contributed by atoms with E-state index in [2.05, 4.69) is 19.9 Å². The normalized spacial score (nSPS) is 32.2. The number of fused-ring (bicyclic) bond motifs is 1. The van der Waals surface area contributed by atoms with Gasteiger partial charge in [0.1, 0.15) is 12.7 Å². The van der Waals surface area contributed by atoms with Crippen LogP contribution in [0.15, 0.2) is 12.7 Å². The number of nitrogens with zero attached hydrogens (tertiary/aromatic N) is 5. The van der Waals surface area contributed by atoms with E-state index in [0.717, 1.165) is 31.8 Å². The van der Waals surface area contributed by atoms with Gasteiger partial charge in [-0.05, 0) is 37.5 Å². The topological polar surface area (TPSA) is 54.3 Å². The highest BCUT2D eigenvalue weighted by molar-refractivity contribution is 5.74. The predicted molar refractivity (Wildman–Crippen MR) is 82.0 cm³/mol. The van der Waals surface area contributed by atoms with Crippen molar-refractivity contribution in [2.75, 3.05) is 19.6 Å². The van der Waals surface area contributed by atoms with Crippen molar-refractivity contribution in [3.05, 3.63) is 12.7 Å². The second kappa shape index (κ2) is 5.65. The van der Waals surface area contributed by atoms with Crippen LogP contribution in [0.1, 0.15) is 32.6 Å². The molecule has 3 fully saturated rings. The van der Waals surface area contributed by atoms with Crippen LogP contribution in [0.4, 0.5) is 0 Å². The molecule has 0 N–H and O–H groups in total. The van der Waals surface area contributed by atoms with Gasteiger partial charge in [0.2, 0.25) is 5.91 Å². The van der Waals surface area contributed by atoms with Crippen molar-refractivity contribution in [1.82, 2.24) is 24.6 Å². The van der Waals surface area contributed by atoms with Crippen LogP contribution in [0.3, 0.4) is 0 Å². The van der Waals surface area contributed by atoms with Gasteiger partial charge in [0, 0.05) is 32.6 Å². The molecule has 22 heavy (non-hydrogen) atoms. The summed E-state index contributed by atoms with van der Waals surface area (Å²) in [6.07, 6.45) is 8.38. The van der Waals surface area contributed by atoms with E-state index in [4.69, 9.17) is 0 Å². The van der Waals surface area contributed by atoms with Crippen LogP contribution < -0.4 is 0 Å². The largest absolute Gasteiger partial charge is 0.335 e. The van der Waals surface area contributed by atoms with E-state index in [-0.39, 0.29) is 11.9 Å². The molecule has 1 saturated carbocycles. The summed E-state index contributed by atoms with van der Waals surface area (Å²) in [7, 11) is 0. The highest BCUT2D eigenvalue weighted by Gasteiger charge is 2.45. The van der Waals surface area contributed by atoms with Gasteiger partial charge in [-0.25, -0.2) is 4.98 Å². The molecule has 6 heteroatoms. The minimum atomic E-state index is 0.216. The Labute approximate surface area is 131 Å². The summed E-state index contributed by atoms with van der Waals surface area (Å²) in [6.45, 7) is 6.08. The molecule has 3 aliphatic rings. The summed E-state index contributed by atoms with van der Waals surface area (Å²) in [4.78, 5) is 21.0. The smallest absolute Gasteiger partial charge is 0.220 e. The molecule has 0 spiro atoms. The maximum atomic E-state index is 12.2. The van der Waals surface area contributed by atoms with E-state index in [0.29, 0.717) is 12.0 Å². The number of likely N-dealkylation sites (tertiary alicyclic amines) is 2. The van der Waals surface area contributed by atoms with E-state index in [1.165, 1.54) is 25.9 Å². The summed E-state index contributed by atoms with van der Waals surface area (Å²) >= 11 is 0. The van der Waals surface area contributed by atoms with Gasteiger partial charge >= 0.3 is 0 Å². The SMILES string of the molecule is CC(=O)N1[C@H](Cn2cncn2)C[C@@H]2CN(CC3CC3)CC[C@@H]21. The number of amides is 1. The van der Waals surface area contributed by atoms with Crippen molar-refractivity contribution in [3.63, 3.8) is 0 Å². The van der Waals surface area contributed by atoms with Gasteiger partial charge in [-0.1, -0.05) is 0 Å². The number of rotatable bonds is 4. The fraction of sp³-hybridized carbons (Fsp3) is 0.812. The molecule has 3 atom stereocenters. The standard InChI is InChI=1S/C16H25N5O/c1-12(22)21-15(9-20-11-17-10-18-20)6-14-8-19(5-4-16(14)21)7-13-2-3-13/h10-11,13-16H,2-9H2,1H3/t14-,15+,16+/m1/s1. The summed E-state index contributed by atoms with van der Waals surface area (Å²) in [5.74, 6) is 1.80. The first-order chi connectivity index (χ1) is 10.7. The van der Waals surface area contributed by atoms with Crippen molar-refractivity contribution >= 4 is 5.91 Å². The number of hydrogen-bond donors (Lipinski definition) is 0. The zero-order valence-electron chi connectivity index (χ0n) is 13.3. The number of aromatic nitrogens is 3. The molecule has 0 radical (unpaired) electrons. The third-order valence-electron chi connectivity index (χ3n) is 5.54. The van der Waals surface area contributed by atoms with Crippen molar-refractivity contribution in [2.45, 2.75) is 51.2 Å². The Morgan fingerprint density at radius 1 is 1.27 bits per heavy atom. The van der Waals surface area contributed by atoms with Crippen LogP contribution in [-0.2, 0) is 11.3 Å². The lowest BCUT2D eigenvalue weighted by Gasteiger charge is -2.38. The van der Waals surface area contributed by atoms with Crippen LogP contribution in [0.5, 0.6) is 0 Å². The molecule has 120 valence electrons. The van der Waals surface area contributed by atoms with E-state index < -0.39 is 0 Å². The first-order valence-corrected chi connectivity index (χ1v) is 8.54.